The molecule has 1 unspecified atom stereocenters. The number of hydrogen-bond donors (Lipinski definition) is 0. The van der Waals surface area contributed by atoms with Crippen LogP contribution >= 0.6 is 0 Å². The second kappa shape index (κ2) is 8.56. The molecule has 3 amide bonds. The van der Waals surface area contributed by atoms with Gasteiger partial charge >= 0.3 is 6.09 Å². The van der Waals surface area contributed by atoms with Crippen molar-refractivity contribution in [2.45, 2.75) is 70.9 Å². The second-order valence-corrected chi connectivity index (χ2v) is 9.25. The number of amides is 3. The second-order valence-electron chi connectivity index (χ2n) is 9.25. The molecule has 1 aromatic carbocycles. The van der Waals surface area contributed by atoms with E-state index < -0.39 is 11.7 Å². The molecule has 0 saturated heterocycles. The minimum absolute atomic E-state index is 0.193. The summed E-state index contributed by atoms with van der Waals surface area (Å²) in [6, 6.07) is 6.63. The lowest BCUT2D eigenvalue weighted by Gasteiger charge is -2.35. The number of likely N-dealkylation sites (N-methyl/N-ethyl adjacent to an activating group) is 1. The molecule has 6 nitrogen and oxygen atoms in total. The lowest BCUT2D eigenvalue weighted by Crippen LogP contribution is -2.48. The summed E-state index contributed by atoms with van der Waals surface area (Å²) in [6.07, 6.45) is 6.24. The fourth-order valence-corrected chi connectivity index (χ4v) is 4.26. The summed E-state index contributed by atoms with van der Waals surface area (Å²) in [6.45, 7) is 5.69. The van der Waals surface area contributed by atoms with Gasteiger partial charge in [-0.25, -0.2) is 4.79 Å². The van der Waals surface area contributed by atoms with E-state index in [-0.39, 0.29) is 24.4 Å². The van der Waals surface area contributed by atoms with Crippen LogP contribution in [0.2, 0.25) is 0 Å². The first-order chi connectivity index (χ1) is 13.7. The van der Waals surface area contributed by atoms with E-state index in [0.29, 0.717) is 17.0 Å². The Bertz CT molecular complexity index is 742. The fraction of sp³-hybridized carbons (Fsp3) is 0.609. The summed E-state index contributed by atoms with van der Waals surface area (Å²) >= 11 is 0. The molecule has 2 aliphatic rings. The highest BCUT2D eigenvalue weighted by Gasteiger charge is 2.38. The molecular weight excluding hydrogens is 368 g/mol. The van der Waals surface area contributed by atoms with Crippen molar-refractivity contribution in [1.29, 1.82) is 0 Å². The van der Waals surface area contributed by atoms with E-state index in [4.69, 9.17) is 4.74 Å². The number of fused-ring (bicyclic) bond motifs is 1. The molecule has 1 aromatic rings. The molecule has 1 saturated carbocycles. The van der Waals surface area contributed by atoms with Gasteiger partial charge in [-0.3, -0.25) is 14.5 Å². The number of carbonyl (C=O) groups excluding carboxylic acids is 3. The van der Waals surface area contributed by atoms with E-state index in [2.05, 4.69) is 0 Å². The van der Waals surface area contributed by atoms with Crippen molar-refractivity contribution in [3.63, 3.8) is 0 Å². The highest BCUT2D eigenvalue weighted by atomic mass is 16.6. The van der Waals surface area contributed by atoms with Crippen LogP contribution in [0.25, 0.3) is 0 Å². The highest BCUT2D eigenvalue weighted by Crippen LogP contribution is 2.30. The van der Waals surface area contributed by atoms with Gasteiger partial charge in [0.05, 0.1) is 17.2 Å². The molecule has 1 aliphatic carbocycles. The average molecular weight is 401 g/mol. The summed E-state index contributed by atoms with van der Waals surface area (Å²) < 4.78 is 5.55. The van der Waals surface area contributed by atoms with Crippen LogP contribution in [-0.4, -0.2) is 52.9 Å². The molecule has 0 bridgehead atoms. The van der Waals surface area contributed by atoms with Crippen LogP contribution < -0.4 is 0 Å². The van der Waals surface area contributed by atoms with Gasteiger partial charge in [0.1, 0.15) is 5.60 Å². The van der Waals surface area contributed by atoms with Crippen molar-refractivity contribution in [1.82, 2.24) is 9.80 Å². The number of imide groups is 1. The van der Waals surface area contributed by atoms with Crippen LogP contribution in [0.3, 0.4) is 0 Å². The van der Waals surface area contributed by atoms with Gasteiger partial charge in [-0.1, -0.05) is 44.2 Å². The van der Waals surface area contributed by atoms with Crippen LogP contribution in [0.4, 0.5) is 4.79 Å². The first-order valence-electron chi connectivity index (χ1n) is 10.6. The molecule has 29 heavy (non-hydrogen) atoms. The number of carbonyl (C=O) groups is 3. The zero-order valence-electron chi connectivity index (χ0n) is 17.9. The third kappa shape index (κ3) is 4.98. The number of hydrogen-bond acceptors (Lipinski definition) is 4. The Labute approximate surface area is 173 Å². The van der Waals surface area contributed by atoms with E-state index in [1.54, 1.807) is 36.2 Å². The maximum Gasteiger partial charge on any atom is 0.410 e. The van der Waals surface area contributed by atoms with Gasteiger partial charge in [0.25, 0.3) is 11.8 Å². The standard InChI is InChI=1S/C23H32N2O4/c1-23(2,3)29-22(28)24(4)17(14-16-10-6-5-7-11-16)15-25-20(26)18-12-8-9-13-19(18)21(25)27/h8-9,12-13,16-17H,5-7,10-11,14-15H2,1-4H3. The molecule has 1 heterocycles. The van der Waals surface area contributed by atoms with Gasteiger partial charge in [0, 0.05) is 13.6 Å². The van der Waals surface area contributed by atoms with E-state index in [1.807, 2.05) is 20.8 Å². The van der Waals surface area contributed by atoms with Crippen LogP contribution in [0.15, 0.2) is 24.3 Å². The average Bonchev–Trinajstić information content (AvgIpc) is 2.91. The van der Waals surface area contributed by atoms with Crippen LogP contribution in [-0.2, 0) is 4.74 Å². The highest BCUT2D eigenvalue weighted by molar-refractivity contribution is 6.21. The molecule has 1 fully saturated rings. The fourth-order valence-electron chi connectivity index (χ4n) is 4.26. The predicted molar refractivity (Wildman–Crippen MR) is 111 cm³/mol. The number of nitrogens with zero attached hydrogens (tertiary/aromatic N) is 2. The Morgan fingerprint density at radius 2 is 1.66 bits per heavy atom. The molecule has 3 rings (SSSR count). The lowest BCUT2D eigenvalue weighted by molar-refractivity contribution is 0.0150. The predicted octanol–water partition coefficient (Wildman–Crippen LogP) is 4.49. The lowest BCUT2D eigenvalue weighted by atomic mass is 9.84. The van der Waals surface area contributed by atoms with Crippen molar-refractivity contribution in [3.05, 3.63) is 35.4 Å². The molecular formula is C23H32N2O4. The van der Waals surface area contributed by atoms with E-state index in [9.17, 15) is 14.4 Å². The zero-order chi connectivity index (χ0) is 21.2. The third-order valence-corrected chi connectivity index (χ3v) is 5.83. The van der Waals surface area contributed by atoms with Crippen molar-refractivity contribution in [3.8, 4) is 0 Å². The topological polar surface area (TPSA) is 66.9 Å². The summed E-state index contributed by atoms with van der Waals surface area (Å²) in [5.74, 6) is -0.0671. The van der Waals surface area contributed by atoms with E-state index in [0.717, 1.165) is 19.3 Å². The van der Waals surface area contributed by atoms with Gasteiger partial charge in [-0.15, -0.1) is 0 Å². The minimum atomic E-state index is -0.601. The summed E-state index contributed by atoms with van der Waals surface area (Å²) in [5.41, 5.74) is 0.277. The van der Waals surface area contributed by atoms with Crippen LogP contribution in [0.1, 0.15) is 80.0 Å². The number of benzene rings is 1. The quantitative estimate of drug-likeness (QED) is 0.683. The van der Waals surface area contributed by atoms with Crippen molar-refractivity contribution < 1.29 is 19.1 Å². The summed E-state index contributed by atoms with van der Waals surface area (Å²) in [7, 11) is 1.71. The van der Waals surface area contributed by atoms with E-state index in [1.165, 1.54) is 24.2 Å². The Morgan fingerprint density at radius 3 is 2.17 bits per heavy atom. The van der Waals surface area contributed by atoms with Crippen molar-refractivity contribution in [2.75, 3.05) is 13.6 Å². The molecule has 1 atom stereocenters. The van der Waals surface area contributed by atoms with Crippen LogP contribution in [0, 0.1) is 5.92 Å². The van der Waals surface area contributed by atoms with Gasteiger partial charge in [0.2, 0.25) is 0 Å². The molecule has 158 valence electrons. The van der Waals surface area contributed by atoms with Gasteiger partial charge < -0.3 is 9.64 Å². The minimum Gasteiger partial charge on any atom is -0.444 e. The monoisotopic (exact) mass is 400 g/mol. The third-order valence-electron chi connectivity index (χ3n) is 5.83. The molecule has 1 aliphatic heterocycles. The van der Waals surface area contributed by atoms with Crippen LogP contribution in [0.5, 0.6) is 0 Å². The maximum atomic E-state index is 12.8. The first-order valence-corrected chi connectivity index (χ1v) is 10.6. The first kappa shape index (κ1) is 21.3. The normalized spacial score (nSPS) is 18.6. The molecule has 0 spiro atoms. The molecule has 0 N–H and O–H groups in total. The Morgan fingerprint density at radius 1 is 1.10 bits per heavy atom. The Balaban J connectivity index is 1.78. The summed E-state index contributed by atoms with van der Waals surface area (Å²) in [5, 5.41) is 0. The molecule has 0 aromatic heterocycles. The van der Waals surface area contributed by atoms with Gasteiger partial charge in [-0.05, 0) is 45.2 Å². The Kier molecular flexibility index (Phi) is 6.30. The SMILES string of the molecule is CN(C(=O)OC(C)(C)C)C(CC1CCCCC1)CN1C(=O)c2ccccc2C1=O. The Hall–Kier alpha value is -2.37. The largest absolute Gasteiger partial charge is 0.444 e. The summed E-state index contributed by atoms with van der Waals surface area (Å²) in [4.78, 5) is 41.2. The molecule has 0 radical (unpaired) electrons. The van der Waals surface area contributed by atoms with Crippen molar-refractivity contribution in [2.24, 2.45) is 5.92 Å². The zero-order valence-corrected chi connectivity index (χ0v) is 17.9. The van der Waals surface area contributed by atoms with Gasteiger partial charge in [0.15, 0.2) is 0 Å². The van der Waals surface area contributed by atoms with Crippen molar-refractivity contribution >= 4 is 17.9 Å². The smallest absolute Gasteiger partial charge is 0.410 e. The number of rotatable bonds is 5. The van der Waals surface area contributed by atoms with Gasteiger partial charge in [-0.2, -0.15) is 0 Å². The molecule has 6 heteroatoms. The maximum absolute atomic E-state index is 12.8. The van der Waals surface area contributed by atoms with E-state index >= 15 is 0 Å². The number of ether oxygens (including phenoxy) is 1.